The second-order valence-corrected chi connectivity index (χ2v) is 6.39. The van der Waals surface area contributed by atoms with Crippen LogP contribution < -0.4 is 5.56 Å². The van der Waals surface area contributed by atoms with Crippen molar-refractivity contribution in [1.82, 2.24) is 14.8 Å². The number of nitrogens with one attached hydrogen (secondary N) is 1. The van der Waals surface area contributed by atoms with Gasteiger partial charge in [0.05, 0.1) is 22.5 Å². The summed E-state index contributed by atoms with van der Waals surface area (Å²) < 4.78 is 1.92. The number of aromatic nitrogens is 3. The summed E-state index contributed by atoms with van der Waals surface area (Å²) in [7, 11) is 0. The minimum absolute atomic E-state index is 0.181. The standard InChI is InChI=1S/C16H14N4OS/c17-7-11-8-18-16(21)13-14(10-5-6-22-9-10)19-20(15(11)13)12-3-1-2-4-12/h5-6,8-9,12H,1-4H2,(H,18,21). The number of hydrogen-bond acceptors (Lipinski definition) is 4. The Morgan fingerprint density at radius 2 is 2.23 bits per heavy atom. The summed E-state index contributed by atoms with van der Waals surface area (Å²) in [6, 6.07) is 4.43. The van der Waals surface area contributed by atoms with Crippen molar-refractivity contribution in [2.75, 3.05) is 0 Å². The van der Waals surface area contributed by atoms with Crippen molar-refractivity contribution in [3.63, 3.8) is 0 Å². The van der Waals surface area contributed by atoms with Gasteiger partial charge in [-0.05, 0) is 24.3 Å². The molecule has 0 spiro atoms. The number of nitriles is 1. The first-order valence-corrected chi connectivity index (χ1v) is 8.30. The van der Waals surface area contributed by atoms with Crippen LogP contribution in [0.5, 0.6) is 0 Å². The van der Waals surface area contributed by atoms with Gasteiger partial charge in [-0.2, -0.15) is 21.7 Å². The molecule has 0 radical (unpaired) electrons. The molecule has 1 fully saturated rings. The number of thiophene rings is 1. The minimum atomic E-state index is -0.181. The number of nitrogens with zero attached hydrogens (tertiary/aromatic N) is 3. The molecule has 0 atom stereocenters. The van der Waals surface area contributed by atoms with E-state index in [1.807, 2.05) is 21.5 Å². The van der Waals surface area contributed by atoms with Gasteiger partial charge in [-0.15, -0.1) is 0 Å². The third kappa shape index (κ3) is 1.90. The van der Waals surface area contributed by atoms with Gasteiger partial charge in [-0.25, -0.2) is 0 Å². The fourth-order valence-electron chi connectivity index (χ4n) is 3.29. The fourth-order valence-corrected chi connectivity index (χ4v) is 3.93. The van der Waals surface area contributed by atoms with E-state index in [0.717, 1.165) is 18.4 Å². The number of fused-ring (bicyclic) bond motifs is 1. The topological polar surface area (TPSA) is 74.5 Å². The van der Waals surface area contributed by atoms with Crippen molar-refractivity contribution in [3.05, 3.63) is 38.9 Å². The molecule has 22 heavy (non-hydrogen) atoms. The highest BCUT2D eigenvalue weighted by Crippen LogP contribution is 2.35. The Hall–Kier alpha value is -2.39. The smallest absolute Gasteiger partial charge is 0.259 e. The average molecular weight is 310 g/mol. The SMILES string of the molecule is N#Cc1c[nH]c(=O)c2c(-c3ccsc3)nn(C3CCCC3)c12. The van der Waals surface area contributed by atoms with Gasteiger partial charge in [-0.3, -0.25) is 9.48 Å². The maximum Gasteiger partial charge on any atom is 0.259 e. The van der Waals surface area contributed by atoms with Crippen LogP contribution in [0.4, 0.5) is 0 Å². The molecule has 0 aliphatic heterocycles. The lowest BCUT2D eigenvalue weighted by atomic mass is 10.1. The number of aromatic amines is 1. The number of hydrogen-bond donors (Lipinski definition) is 1. The van der Waals surface area contributed by atoms with E-state index in [4.69, 9.17) is 5.10 Å². The predicted molar refractivity (Wildman–Crippen MR) is 85.9 cm³/mol. The molecule has 0 aromatic carbocycles. The molecule has 5 nitrogen and oxygen atoms in total. The van der Waals surface area contributed by atoms with Gasteiger partial charge in [0.2, 0.25) is 0 Å². The van der Waals surface area contributed by atoms with Crippen LogP contribution in [-0.4, -0.2) is 14.8 Å². The number of H-pyrrole nitrogens is 1. The lowest BCUT2D eigenvalue weighted by molar-refractivity contribution is 0.483. The molecule has 1 N–H and O–H groups in total. The van der Waals surface area contributed by atoms with Crippen LogP contribution in [0.15, 0.2) is 27.8 Å². The van der Waals surface area contributed by atoms with Gasteiger partial charge in [0.25, 0.3) is 5.56 Å². The maximum absolute atomic E-state index is 12.4. The first-order chi connectivity index (χ1) is 10.8. The zero-order valence-electron chi connectivity index (χ0n) is 11.9. The van der Waals surface area contributed by atoms with Crippen molar-refractivity contribution in [1.29, 1.82) is 5.26 Å². The van der Waals surface area contributed by atoms with Crippen LogP contribution in [-0.2, 0) is 0 Å². The molecular weight excluding hydrogens is 296 g/mol. The van der Waals surface area contributed by atoms with Crippen LogP contribution in [0.25, 0.3) is 22.2 Å². The zero-order chi connectivity index (χ0) is 15.1. The van der Waals surface area contributed by atoms with Gasteiger partial charge in [0.15, 0.2) is 0 Å². The molecule has 0 bridgehead atoms. The summed E-state index contributed by atoms with van der Waals surface area (Å²) >= 11 is 1.57. The van der Waals surface area contributed by atoms with E-state index in [9.17, 15) is 10.1 Å². The normalized spacial score (nSPS) is 15.4. The van der Waals surface area contributed by atoms with E-state index in [1.54, 1.807) is 11.3 Å². The Morgan fingerprint density at radius 3 is 2.91 bits per heavy atom. The highest BCUT2D eigenvalue weighted by molar-refractivity contribution is 7.08. The summed E-state index contributed by atoms with van der Waals surface area (Å²) in [6.45, 7) is 0. The highest BCUT2D eigenvalue weighted by atomic mass is 32.1. The zero-order valence-corrected chi connectivity index (χ0v) is 12.7. The fraction of sp³-hybridized carbons (Fsp3) is 0.312. The van der Waals surface area contributed by atoms with Crippen LogP contribution in [0, 0.1) is 11.3 Å². The van der Waals surface area contributed by atoms with Crippen LogP contribution in [0.2, 0.25) is 0 Å². The lowest BCUT2D eigenvalue weighted by Crippen LogP contribution is -2.10. The second kappa shape index (κ2) is 5.11. The predicted octanol–water partition coefficient (Wildman–Crippen LogP) is 3.44. The van der Waals surface area contributed by atoms with Gasteiger partial charge in [-0.1, -0.05) is 12.8 Å². The Balaban J connectivity index is 2.09. The number of rotatable bonds is 2. The molecule has 110 valence electrons. The molecule has 0 amide bonds. The van der Waals surface area contributed by atoms with E-state index < -0.39 is 0 Å². The molecule has 3 aromatic rings. The van der Waals surface area contributed by atoms with Gasteiger partial charge >= 0.3 is 0 Å². The van der Waals surface area contributed by atoms with Crippen molar-refractivity contribution in [3.8, 4) is 17.3 Å². The summed E-state index contributed by atoms with van der Waals surface area (Å²) in [6.07, 6.45) is 5.94. The largest absolute Gasteiger partial charge is 0.327 e. The van der Waals surface area contributed by atoms with Crippen LogP contribution in [0.3, 0.4) is 0 Å². The van der Waals surface area contributed by atoms with E-state index in [0.29, 0.717) is 22.2 Å². The molecule has 4 rings (SSSR count). The molecule has 3 heterocycles. The van der Waals surface area contributed by atoms with Gasteiger partial charge in [0.1, 0.15) is 11.8 Å². The molecule has 0 unspecified atom stereocenters. The number of pyridine rings is 1. The summed E-state index contributed by atoms with van der Waals surface area (Å²) in [4.78, 5) is 15.0. The Kier molecular flexibility index (Phi) is 3.09. The Bertz CT molecular complexity index is 924. The van der Waals surface area contributed by atoms with Gasteiger partial charge in [0, 0.05) is 17.1 Å². The van der Waals surface area contributed by atoms with Crippen LogP contribution in [0.1, 0.15) is 37.3 Å². The van der Waals surface area contributed by atoms with E-state index in [-0.39, 0.29) is 11.6 Å². The van der Waals surface area contributed by atoms with Crippen molar-refractivity contribution < 1.29 is 0 Å². The third-order valence-electron chi connectivity index (χ3n) is 4.33. The van der Waals surface area contributed by atoms with Crippen LogP contribution >= 0.6 is 11.3 Å². The molecular formula is C16H14N4OS. The second-order valence-electron chi connectivity index (χ2n) is 5.61. The van der Waals surface area contributed by atoms with E-state index in [2.05, 4.69) is 11.1 Å². The summed E-state index contributed by atoms with van der Waals surface area (Å²) in [5, 5.41) is 18.6. The Labute approximate surface area is 130 Å². The monoisotopic (exact) mass is 310 g/mol. The molecule has 1 aliphatic rings. The molecule has 3 aromatic heterocycles. The van der Waals surface area contributed by atoms with E-state index in [1.165, 1.54) is 19.0 Å². The maximum atomic E-state index is 12.4. The van der Waals surface area contributed by atoms with Crippen molar-refractivity contribution in [2.24, 2.45) is 0 Å². The minimum Gasteiger partial charge on any atom is -0.327 e. The van der Waals surface area contributed by atoms with Crippen molar-refractivity contribution >= 4 is 22.2 Å². The van der Waals surface area contributed by atoms with Gasteiger partial charge < -0.3 is 4.98 Å². The van der Waals surface area contributed by atoms with Crippen molar-refractivity contribution in [2.45, 2.75) is 31.7 Å². The quantitative estimate of drug-likeness (QED) is 0.788. The van der Waals surface area contributed by atoms with E-state index >= 15 is 0 Å². The molecule has 0 saturated heterocycles. The third-order valence-corrected chi connectivity index (χ3v) is 5.01. The molecule has 6 heteroatoms. The first kappa shape index (κ1) is 13.3. The average Bonchev–Trinajstić information content (AvgIpc) is 3.27. The lowest BCUT2D eigenvalue weighted by Gasteiger charge is -2.11. The summed E-state index contributed by atoms with van der Waals surface area (Å²) in [5.41, 5.74) is 2.60. The highest BCUT2D eigenvalue weighted by Gasteiger charge is 2.25. The molecule has 1 aliphatic carbocycles. The Morgan fingerprint density at radius 1 is 1.41 bits per heavy atom. The molecule has 1 saturated carbocycles. The summed E-state index contributed by atoms with van der Waals surface area (Å²) in [5.74, 6) is 0. The first-order valence-electron chi connectivity index (χ1n) is 7.36.